The molecule has 1 aromatic carbocycles. The van der Waals surface area contributed by atoms with Gasteiger partial charge in [0.05, 0.1) is 0 Å². The number of benzene rings is 1. The van der Waals surface area contributed by atoms with Crippen molar-refractivity contribution in [2.75, 3.05) is 19.7 Å². The van der Waals surface area contributed by atoms with E-state index in [1.165, 1.54) is 0 Å². The number of carbonyl (C=O) groups excluding carboxylic acids is 1. The number of rotatable bonds is 5. The number of halogens is 3. The number of hydrogen-bond donors (Lipinski definition) is 3. The van der Waals surface area contributed by atoms with Crippen molar-refractivity contribution < 1.29 is 42.5 Å². The number of aliphatic carboxylic acids is 2. The Morgan fingerprint density at radius 1 is 1.13 bits per heavy atom. The first kappa shape index (κ1) is 25.2. The van der Waals surface area contributed by atoms with E-state index in [0.717, 1.165) is 19.5 Å². The van der Waals surface area contributed by atoms with Gasteiger partial charge in [-0.25, -0.2) is 9.59 Å². The number of likely N-dealkylation sites (tertiary alicyclic amines) is 1. The largest absolute Gasteiger partial charge is 0.490 e. The van der Waals surface area contributed by atoms with Crippen LogP contribution >= 0.6 is 0 Å². The average molecular weight is 434 g/mol. The van der Waals surface area contributed by atoms with Crippen LogP contribution in [0.1, 0.15) is 37.6 Å². The van der Waals surface area contributed by atoms with Gasteiger partial charge in [0.25, 0.3) is 5.91 Å². The summed E-state index contributed by atoms with van der Waals surface area (Å²) in [5, 5.41) is 18.7. The molecule has 1 aliphatic heterocycles. The van der Waals surface area contributed by atoms with Crippen LogP contribution in [0.4, 0.5) is 13.2 Å². The molecule has 1 atom stereocenters. The fourth-order valence-corrected chi connectivity index (χ4v) is 2.60. The molecule has 30 heavy (non-hydrogen) atoms. The van der Waals surface area contributed by atoms with E-state index in [1.54, 1.807) is 24.3 Å². The number of alkyl halides is 3. The van der Waals surface area contributed by atoms with Crippen molar-refractivity contribution in [1.82, 2.24) is 10.2 Å². The Morgan fingerprint density at radius 3 is 2.07 bits per heavy atom. The summed E-state index contributed by atoms with van der Waals surface area (Å²) in [6.07, 6.45) is -4.14. The molecule has 1 aliphatic rings. The highest BCUT2D eigenvalue weighted by atomic mass is 19.4. The summed E-state index contributed by atoms with van der Waals surface area (Å²) in [5.41, 5.74) is 0.657. The maximum absolute atomic E-state index is 12.3. The third-order valence-electron chi connectivity index (χ3n) is 4.19. The SMILES string of the molecule is CC(C)(C)N1CCC(NC(=O)c2ccc(OCC(=O)O)cc2)C1.O=C(O)C(F)(F)F. The minimum absolute atomic E-state index is 0.114. The summed E-state index contributed by atoms with van der Waals surface area (Å²) in [5.74, 6) is -3.47. The molecule has 2 rings (SSSR count). The zero-order chi connectivity index (χ0) is 23.1. The third kappa shape index (κ3) is 8.68. The lowest BCUT2D eigenvalue weighted by Gasteiger charge is -2.31. The van der Waals surface area contributed by atoms with Gasteiger partial charge in [-0.05, 0) is 51.5 Å². The second-order valence-corrected chi connectivity index (χ2v) is 7.59. The van der Waals surface area contributed by atoms with Crippen LogP contribution < -0.4 is 10.1 Å². The van der Waals surface area contributed by atoms with Gasteiger partial charge >= 0.3 is 18.1 Å². The van der Waals surface area contributed by atoms with E-state index in [4.69, 9.17) is 19.7 Å². The van der Waals surface area contributed by atoms with Gasteiger partial charge in [-0.3, -0.25) is 9.69 Å². The van der Waals surface area contributed by atoms with Crippen LogP contribution in [0.2, 0.25) is 0 Å². The summed E-state index contributed by atoms with van der Waals surface area (Å²) in [6.45, 7) is 7.97. The van der Waals surface area contributed by atoms with Crippen LogP contribution in [0.25, 0.3) is 0 Å². The lowest BCUT2D eigenvalue weighted by atomic mass is 10.1. The van der Waals surface area contributed by atoms with Crippen molar-refractivity contribution in [2.45, 2.75) is 44.9 Å². The second kappa shape index (κ2) is 10.3. The van der Waals surface area contributed by atoms with E-state index in [9.17, 15) is 22.8 Å². The molecule has 3 N–H and O–H groups in total. The van der Waals surface area contributed by atoms with Crippen LogP contribution in [0, 0.1) is 0 Å². The van der Waals surface area contributed by atoms with E-state index in [0.29, 0.717) is 11.3 Å². The Morgan fingerprint density at radius 2 is 1.67 bits per heavy atom. The quantitative estimate of drug-likeness (QED) is 0.652. The normalized spacial score (nSPS) is 16.9. The number of carboxylic acid groups (broad SMARTS) is 2. The van der Waals surface area contributed by atoms with Gasteiger partial charge in [-0.15, -0.1) is 0 Å². The average Bonchev–Trinajstić information content (AvgIpc) is 3.09. The molecule has 1 aromatic rings. The minimum atomic E-state index is -5.08. The molecule has 0 spiro atoms. The number of nitrogens with zero attached hydrogens (tertiary/aromatic N) is 1. The first-order valence-corrected chi connectivity index (χ1v) is 9.01. The summed E-state index contributed by atoms with van der Waals surface area (Å²) in [4.78, 5) is 34.0. The van der Waals surface area contributed by atoms with Crippen molar-refractivity contribution in [3.63, 3.8) is 0 Å². The molecule has 8 nitrogen and oxygen atoms in total. The summed E-state index contributed by atoms with van der Waals surface area (Å²) in [6, 6.07) is 6.65. The van der Waals surface area contributed by atoms with Crippen molar-refractivity contribution >= 4 is 17.8 Å². The van der Waals surface area contributed by atoms with Gasteiger partial charge in [0.2, 0.25) is 0 Å². The van der Waals surface area contributed by atoms with E-state index >= 15 is 0 Å². The first-order chi connectivity index (χ1) is 13.7. The van der Waals surface area contributed by atoms with Gasteiger partial charge in [0.1, 0.15) is 5.75 Å². The van der Waals surface area contributed by atoms with E-state index in [-0.39, 0.29) is 17.5 Å². The van der Waals surface area contributed by atoms with Crippen molar-refractivity contribution in [2.24, 2.45) is 0 Å². The van der Waals surface area contributed by atoms with Crippen molar-refractivity contribution in [3.05, 3.63) is 29.8 Å². The Labute approximate surface area is 171 Å². The Kier molecular flexibility index (Phi) is 8.64. The summed E-state index contributed by atoms with van der Waals surface area (Å²) in [7, 11) is 0. The highest BCUT2D eigenvalue weighted by Gasteiger charge is 2.38. The number of amides is 1. The number of nitrogens with one attached hydrogen (secondary N) is 1. The molecule has 1 saturated heterocycles. The molecule has 11 heteroatoms. The lowest BCUT2D eigenvalue weighted by Crippen LogP contribution is -2.43. The summed E-state index contributed by atoms with van der Waals surface area (Å²) >= 11 is 0. The Balaban J connectivity index is 0.000000553. The van der Waals surface area contributed by atoms with Crippen LogP contribution in [-0.2, 0) is 9.59 Å². The predicted octanol–water partition coefficient (Wildman–Crippen LogP) is 2.39. The molecule has 1 heterocycles. The van der Waals surface area contributed by atoms with Crippen LogP contribution in [0.3, 0.4) is 0 Å². The van der Waals surface area contributed by atoms with Crippen molar-refractivity contribution in [3.8, 4) is 5.75 Å². The molecule has 168 valence electrons. The smallest absolute Gasteiger partial charge is 0.482 e. The van der Waals surface area contributed by atoms with Gasteiger partial charge in [0, 0.05) is 30.2 Å². The molecule has 1 unspecified atom stereocenters. The fraction of sp³-hybridized carbons (Fsp3) is 0.526. The number of ether oxygens (including phenoxy) is 1. The van der Waals surface area contributed by atoms with Crippen LogP contribution in [-0.4, -0.2) is 70.4 Å². The predicted molar refractivity (Wildman–Crippen MR) is 100 cm³/mol. The second-order valence-electron chi connectivity index (χ2n) is 7.59. The van der Waals surface area contributed by atoms with Crippen molar-refractivity contribution in [1.29, 1.82) is 0 Å². The number of carbonyl (C=O) groups is 3. The number of hydrogen-bond acceptors (Lipinski definition) is 5. The molecule has 0 saturated carbocycles. The van der Waals surface area contributed by atoms with Gasteiger partial charge in [-0.2, -0.15) is 13.2 Å². The monoisotopic (exact) mass is 434 g/mol. The maximum atomic E-state index is 12.3. The van der Waals surface area contributed by atoms with E-state index < -0.39 is 24.7 Å². The zero-order valence-electron chi connectivity index (χ0n) is 16.8. The lowest BCUT2D eigenvalue weighted by molar-refractivity contribution is -0.192. The highest BCUT2D eigenvalue weighted by Crippen LogP contribution is 2.21. The van der Waals surface area contributed by atoms with Gasteiger partial charge < -0.3 is 20.3 Å². The Bertz CT molecular complexity index is 744. The third-order valence-corrected chi connectivity index (χ3v) is 4.19. The summed E-state index contributed by atoms with van der Waals surface area (Å²) < 4.78 is 36.8. The topological polar surface area (TPSA) is 116 Å². The maximum Gasteiger partial charge on any atom is 0.490 e. The Hall–Kier alpha value is -2.82. The standard InChI is InChI=1S/C17H24N2O4.C2HF3O2/c1-17(2,3)19-9-8-13(10-19)18-16(22)12-4-6-14(7-5-12)23-11-15(20)21;3-2(4,5)1(6)7/h4-7,13H,8-11H2,1-3H3,(H,18,22)(H,20,21);(H,6,7). The number of carboxylic acids is 2. The van der Waals surface area contributed by atoms with Gasteiger partial charge in [0.15, 0.2) is 6.61 Å². The molecular weight excluding hydrogens is 409 g/mol. The van der Waals surface area contributed by atoms with E-state index in [2.05, 4.69) is 31.0 Å². The molecule has 0 aromatic heterocycles. The minimum Gasteiger partial charge on any atom is -0.482 e. The molecular formula is C19H25F3N2O6. The van der Waals surface area contributed by atoms with E-state index in [1.807, 2.05) is 0 Å². The molecule has 0 bridgehead atoms. The highest BCUT2D eigenvalue weighted by molar-refractivity contribution is 5.94. The van der Waals surface area contributed by atoms with Crippen LogP contribution in [0.5, 0.6) is 5.75 Å². The molecule has 0 radical (unpaired) electrons. The van der Waals surface area contributed by atoms with Crippen LogP contribution in [0.15, 0.2) is 24.3 Å². The molecule has 1 fully saturated rings. The molecule has 0 aliphatic carbocycles. The van der Waals surface area contributed by atoms with Gasteiger partial charge in [-0.1, -0.05) is 0 Å². The fourth-order valence-electron chi connectivity index (χ4n) is 2.60. The first-order valence-electron chi connectivity index (χ1n) is 9.01. The molecule has 1 amide bonds. The zero-order valence-corrected chi connectivity index (χ0v) is 16.8.